The second-order valence-electron chi connectivity index (χ2n) is 8.64. The number of carbonyl (C=O) groups is 1. The third-order valence-electron chi connectivity index (χ3n) is 6.70. The first kappa shape index (κ1) is 22.4. The minimum atomic E-state index is -0.106. The molecule has 0 spiro atoms. The van der Waals surface area contributed by atoms with E-state index in [1.807, 2.05) is 59.6 Å². The lowest BCUT2D eigenvalue weighted by Crippen LogP contribution is -2.49. The Kier molecular flexibility index (Phi) is 6.45. The van der Waals surface area contributed by atoms with E-state index in [4.69, 9.17) is 16.3 Å². The first-order valence-electron chi connectivity index (χ1n) is 11.6. The number of piperazine rings is 1. The van der Waals surface area contributed by atoms with Gasteiger partial charge in [-0.1, -0.05) is 54.1 Å². The molecule has 0 bridgehead atoms. The molecule has 6 heteroatoms. The Morgan fingerprint density at radius 2 is 1.74 bits per heavy atom. The number of amides is 1. The Morgan fingerprint density at radius 3 is 2.53 bits per heavy atom. The molecule has 1 aliphatic rings. The molecule has 1 N–H and O–H groups in total. The van der Waals surface area contributed by atoms with Crippen molar-refractivity contribution in [1.29, 1.82) is 0 Å². The van der Waals surface area contributed by atoms with Gasteiger partial charge < -0.3 is 19.5 Å². The zero-order valence-electron chi connectivity index (χ0n) is 19.2. The van der Waals surface area contributed by atoms with Gasteiger partial charge in [0.25, 0.3) is 0 Å². The minimum absolute atomic E-state index is 0.106. The standard InChI is InChI=1S/C28H28ClN3O2/c1-34-27-12-5-3-10-23(27)24(25-19-30-26-11-4-2-9-22(25)26)18-28(33)32-15-13-31(14-16-32)21-8-6-7-20(29)17-21/h2-12,17,19,24,30H,13-16,18H2,1H3. The van der Waals surface area contributed by atoms with Crippen molar-refractivity contribution in [3.63, 3.8) is 0 Å². The van der Waals surface area contributed by atoms with Crippen LogP contribution in [0.1, 0.15) is 23.5 Å². The minimum Gasteiger partial charge on any atom is -0.496 e. The number of anilines is 1. The van der Waals surface area contributed by atoms with Crippen LogP contribution in [-0.4, -0.2) is 49.1 Å². The van der Waals surface area contributed by atoms with E-state index in [-0.39, 0.29) is 11.8 Å². The molecular formula is C28H28ClN3O2. The lowest BCUT2D eigenvalue weighted by atomic mass is 9.87. The van der Waals surface area contributed by atoms with Crippen LogP contribution in [0.5, 0.6) is 5.75 Å². The topological polar surface area (TPSA) is 48.6 Å². The van der Waals surface area contributed by atoms with Crippen LogP contribution in [0.4, 0.5) is 5.69 Å². The number of halogens is 1. The third kappa shape index (κ3) is 4.48. The average Bonchev–Trinajstić information content (AvgIpc) is 3.31. The number of ether oxygens (including phenoxy) is 1. The van der Waals surface area contributed by atoms with Crippen LogP contribution < -0.4 is 9.64 Å². The van der Waals surface area contributed by atoms with Crippen molar-refractivity contribution in [3.05, 3.63) is 95.1 Å². The molecule has 1 amide bonds. The third-order valence-corrected chi connectivity index (χ3v) is 6.93. The maximum absolute atomic E-state index is 13.5. The van der Waals surface area contributed by atoms with E-state index >= 15 is 0 Å². The lowest BCUT2D eigenvalue weighted by molar-refractivity contribution is -0.131. The van der Waals surface area contributed by atoms with Crippen molar-refractivity contribution in [1.82, 2.24) is 9.88 Å². The van der Waals surface area contributed by atoms with Crippen LogP contribution in [0.25, 0.3) is 10.9 Å². The number of nitrogens with one attached hydrogen (secondary N) is 1. The van der Waals surface area contributed by atoms with Crippen LogP contribution in [0.15, 0.2) is 79.0 Å². The molecule has 1 atom stereocenters. The fourth-order valence-corrected chi connectivity index (χ4v) is 5.10. The summed E-state index contributed by atoms with van der Waals surface area (Å²) >= 11 is 6.17. The number of para-hydroxylation sites is 2. The molecule has 4 aromatic rings. The summed E-state index contributed by atoms with van der Waals surface area (Å²) in [7, 11) is 1.68. The van der Waals surface area contributed by atoms with Gasteiger partial charge >= 0.3 is 0 Å². The number of rotatable bonds is 6. The lowest BCUT2D eigenvalue weighted by Gasteiger charge is -2.37. The van der Waals surface area contributed by atoms with Gasteiger partial charge in [-0.25, -0.2) is 0 Å². The molecule has 0 radical (unpaired) electrons. The highest BCUT2D eigenvalue weighted by Gasteiger charge is 2.28. The molecule has 1 saturated heterocycles. The largest absolute Gasteiger partial charge is 0.496 e. The Labute approximate surface area is 204 Å². The maximum atomic E-state index is 13.5. The van der Waals surface area contributed by atoms with E-state index in [0.29, 0.717) is 19.5 Å². The zero-order valence-corrected chi connectivity index (χ0v) is 20.0. The summed E-state index contributed by atoms with van der Waals surface area (Å²) in [6.07, 6.45) is 2.42. The molecule has 1 aliphatic heterocycles. The van der Waals surface area contributed by atoms with Crippen molar-refractivity contribution in [2.75, 3.05) is 38.2 Å². The number of nitrogens with zero attached hydrogens (tertiary/aromatic N) is 2. The number of hydrogen-bond acceptors (Lipinski definition) is 3. The summed E-state index contributed by atoms with van der Waals surface area (Å²) in [5, 5.41) is 1.87. The highest BCUT2D eigenvalue weighted by atomic mass is 35.5. The number of aromatic nitrogens is 1. The number of aromatic amines is 1. The summed E-state index contributed by atoms with van der Waals surface area (Å²) in [6, 6.07) is 24.1. The number of H-pyrrole nitrogens is 1. The SMILES string of the molecule is COc1ccccc1C(CC(=O)N1CCN(c2cccc(Cl)c2)CC1)c1c[nH]c2ccccc12. The first-order chi connectivity index (χ1) is 16.6. The van der Waals surface area contributed by atoms with Crippen molar-refractivity contribution < 1.29 is 9.53 Å². The summed E-state index contributed by atoms with van der Waals surface area (Å²) in [4.78, 5) is 21.2. The Hall–Kier alpha value is -3.44. The highest BCUT2D eigenvalue weighted by molar-refractivity contribution is 6.30. The number of benzene rings is 3. The molecule has 174 valence electrons. The van der Waals surface area contributed by atoms with Gasteiger partial charge in [0.2, 0.25) is 5.91 Å². The van der Waals surface area contributed by atoms with E-state index in [9.17, 15) is 4.79 Å². The summed E-state index contributed by atoms with van der Waals surface area (Å²) in [5.41, 5.74) is 4.32. The molecule has 34 heavy (non-hydrogen) atoms. The van der Waals surface area contributed by atoms with Crippen molar-refractivity contribution >= 4 is 34.1 Å². The van der Waals surface area contributed by atoms with Gasteiger partial charge in [-0.3, -0.25) is 4.79 Å². The fourth-order valence-electron chi connectivity index (χ4n) is 4.91. The van der Waals surface area contributed by atoms with E-state index in [1.54, 1.807) is 7.11 Å². The molecule has 3 aromatic carbocycles. The van der Waals surface area contributed by atoms with Crippen LogP contribution >= 0.6 is 11.6 Å². The van der Waals surface area contributed by atoms with Crippen LogP contribution in [0.3, 0.4) is 0 Å². The number of methoxy groups -OCH3 is 1. The van der Waals surface area contributed by atoms with Crippen LogP contribution in [-0.2, 0) is 4.79 Å². The van der Waals surface area contributed by atoms with Crippen molar-refractivity contribution in [3.8, 4) is 5.75 Å². The molecule has 5 nitrogen and oxygen atoms in total. The average molecular weight is 474 g/mol. The first-order valence-corrected chi connectivity index (χ1v) is 12.0. The number of carbonyl (C=O) groups excluding carboxylic acids is 1. The summed E-state index contributed by atoms with van der Waals surface area (Å²) < 4.78 is 5.68. The molecule has 1 unspecified atom stereocenters. The number of hydrogen-bond donors (Lipinski definition) is 1. The van der Waals surface area contributed by atoms with Crippen molar-refractivity contribution in [2.24, 2.45) is 0 Å². The zero-order chi connectivity index (χ0) is 23.5. The summed E-state index contributed by atoms with van der Waals surface area (Å²) in [5.74, 6) is 0.856. The normalized spacial score (nSPS) is 14.9. The summed E-state index contributed by atoms with van der Waals surface area (Å²) in [6.45, 7) is 2.97. The van der Waals surface area contributed by atoms with Crippen LogP contribution in [0.2, 0.25) is 5.02 Å². The van der Waals surface area contributed by atoms with E-state index in [2.05, 4.69) is 34.1 Å². The molecular weight excluding hydrogens is 446 g/mol. The molecule has 2 heterocycles. The fraction of sp³-hybridized carbons (Fsp3) is 0.250. The van der Waals surface area contributed by atoms with Gasteiger partial charge in [0.1, 0.15) is 5.75 Å². The van der Waals surface area contributed by atoms with Gasteiger partial charge in [0, 0.05) is 71.9 Å². The van der Waals surface area contributed by atoms with Gasteiger partial charge in [0.15, 0.2) is 0 Å². The Bertz CT molecular complexity index is 1290. The molecule has 1 aromatic heterocycles. The predicted octanol–water partition coefficient (Wildman–Crippen LogP) is 5.70. The quantitative estimate of drug-likeness (QED) is 0.390. The highest BCUT2D eigenvalue weighted by Crippen LogP contribution is 2.38. The monoisotopic (exact) mass is 473 g/mol. The Morgan fingerprint density at radius 1 is 0.971 bits per heavy atom. The van der Waals surface area contributed by atoms with Gasteiger partial charge in [0.05, 0.1) is 7.11 Å². The predicted molar refractivity (Wildman–Crippen MR) is 138 cm³/mol. The molecule has 0 saturated carbocycles. The molecule has 0 aliphatic carbocycles. The maximum Gasteiger partial charge on any atom is 0.223 e. The number of fused-ring (bicyclic) bond motifs is 1. The molecule has 5 rings (SSSR count). The smallest absolute Gasteiger partial charge is 0.223 e. The van der Waals surface area contributed by atoms with Crippen molar-refractivity contribution in [2.45, 2.75) is 12.3 Å². The van der Waals surface area contributed by atoms with Gasteiger partial charge in [-0.2, -0.15) is 0 Å². The van der Waals surface area contributed by atoms with Crippen LogP contribution in [0, 0.1) is 0 Å². The second kappa shape index (κ2) is 9.82. The molecule has 1 fully saturated rings. The second-order valence-corrected chi connectivity index (χ2v) is 9.07. The van der Waals surface area contributed by atoms with Gasteiger partial charge in [-0.05, 0) is 35.9 Å². The Balaban J connectivity index is 1.38. The van der Waals surface area contributed by atoms with E-state index in [0.717, 1.165) is 51.6 Å². The van der Waals surface area contributed by atoms with E-state index < -0.39 is 0 Å². The van der Waals surface area contributed by atoms with E-state index in [1.165, 1.54) is 0 Å². The van der Waals surface area contributed by atoms with Gasteiger partial charge in [-0.15, -0.1) is 0 Å².